The van der Waals surface area contributed by atoms with Crippen molar-refractivity contribution in [2.24, 2.45) is 0 Å². The Bertz CT molecular complexity index is 1330. The lowest BCUT2D eigenvalue weighted by atomic mass is 9.81. The normalized spacial score (nSPS) is 24.6. The van der Waals surface area contributed by atoms with Gasteiger partial charge in [-0.05, 0) is 56.3 Å². The molecular weight excluding hydrogens is 466 g/mol. The third kappa shape index (κ3) is 3.90. The monoisotopic (exact) mass is 501 g/mol. The molecule has 0 saturated carbocycles. The number of fused-ring (bicyclic) bond motifs is 4. The molecule has 0 spiro atoms. The van der Waals surface area contributed by atoms with Crippen LogP contribution in [0.3, 0.4) is 0 Å². The fraction of sp³-hybridized carbons (Fsp3) is 0.448. The van der Waals surface area contributed by atoms with Gasteiger partial charge in [0.1, 0.15) is 17.3 Å². The molecule has 2 saturated heterocycles. The molecule has 8 heteroatoms. The van der Waals surface area contributed by atoms with E-state index in [9.17, 15) is 9.59 Å². The molecule has 0 bridgehead atoms. The average molecular weight is 502 g/mol. The predicted molar refractivity (Wildman–Crippen MR) is 143 cm³/mol. The van der Waals surface area contributed by atoms with E-state index in [-0.39, 0.29) is 18.0 Å². The molecule has 1 N–H and O–H groups in total. The van der Waals surface area contributed by atoms with E-state index in [1.54, 1.807) is 7.11 Å². The van der Waals surface area contributed by atoms with Gasteiger partial charge in [0.25, 0.3) is 5.91 Å². The summed E-state index contributed by atoms with van der Waals surface area (Å²) >= 11 is 0. The first-order valence-electron chi connectivity index (χ1n) is 13.2. The van der Waals surface area contributed by atoms with Crippen LogP contribution in [-0.2, 0) is 11.2 Å². The third-order valence-electron chi connectivity index (χ3n) is 8.44. The van der Waals surface area contributed by atoms with Gasteiger partial charge in [-0.15, -0.1) is 0 Å². The largest absolute Gasteiger partial charge is 0.497 e. The van der Waals surface area contributed by atoms with E-state index in [4.69, 9.17) is 4.74 Å². The summed E-state index contributed by atoms with van der Waals surface area (Å²) in [4.78, 5) is 39.6. The van der Waals surface area contributed by atoms with E-state index in [1.807, 2.05) is 60.4 Å². The van der Waals surface area contributed by atoms with Crippen LogP contribution >= 0.6 is 0 Å². The predicted octanol–water partition coefficient (Wildman–Crippen LogP) is 3.48. The van der Waals surface area contributed by atoms with Gasteiger partial charge in [0.2, 0.25) is 0 Å². The minimum Gasteiger partial charge on any atom is -0.497 e. The Hall–Kier alpha value is -3.36. The summed E-state index contributed by atoms with van der Waals surface area (Å²) in [5, 5.41) is 1.05. The van der Waals surface area contributed by atoms with Gasteiger partial charge in [0, 0.05) is 55.7 Å². The number of likely N-dealkylation sites (N-methyl/N-ethyl adjacent to an activating group) is 1. The van der Waals surface area contributed by atoms with Crippen molar-refractivity contribution in [3.8, 4) is 5.75 Å². The second kappa shape index (κ2) is 9.19. The maximum atomic E-state index is 14.0. The van der Waals surface area contributed by atoms with E-state index in [0.717, 1.165) is 72.6 Å². The minimum atomic E-state index is -0.948. The topological polar surface area (TPSA) is 72.1 Å². The van der Waals surface area contributed by atoms with E-state index < -0.39 is 5.54 Å². The third-order valence-corrected chi connectivity index (χ3v) is 8.44. The molecule has 2 fully saturated rings. The molecule has 8 nitrogen and oxygen atoms in total. The van der Waals surface area contributed by atoms with Crippen LogP contribution < -0.4 is 4.74 Å². The molecule has 3 amide bonds. The van der Waals surface area contributed by atoms with Crippen LogP contribution in [0, 0.1) is 0 Å². The number of piperazine rings is 1. The van der Waals surface area contributed by atoms with Crippen LogP contribution in [0.2, 0.25) is 0 Å². The first-order valence-corrected chi connectivity index (χ1v) is 13.2. The lowest BCUT2D eigenvalue weighted by Gasteiger charge is -2.42. The van der Waals surface area contributed by atoms with Crippen LogP contribution in [0.15, 0.2) is 48.5 Å². The van der Waals surface area contributed by atoms with Crippen molar-refractivity contribution in [3.05, 3.63) is 65.4 Å². The highest BCUT2D eigenvalue weighted by atomic mass is 16.5. The van der Waals surface area contributed by atoms with Crippen molar-refractivity contribution in [2.45, 2.75) is 31.3 Å². The number of carbonyl (C=O) groups excluding carboxylic acids is 2. The maximum Gasteiger partial charge on any atom is 0.328 e. The second-order valence-electron chi connectivity index (χ2n) is 10.8. The van der Waals surface area contributed by atoms with Crippen LogP contribution in [0.1, 0.15) is 36.2 Å². The molecule has 3 aliphatic heterocycles. The highest BCUT2D eigenvalue weighted by Gasteiger charge is 2.60. The number of nitrogens with zero attached hydrogens (tertiary/aromatic N) is 4. The number of urea groups is 1. The number of H-pyrrole nitrogens is 1. The van der Waals surface area contributed by atoms with Gasteiger partial charge in [-0.25, -0.2) is 4.79 Å². The van der Waals surface area contributed by atoms with E-state index in [2.05, 4.69) is 21.8 Å². The van der Waals surface area contributed by atoms with Gasteiger partial charge in [0.05, 0.1) is 7.11 Å². The minimum absolute atomic E-state index is 0.0975. The van der Waals surface area contributed by atoms with Gasteiger partial charge in [0.15, 0.2) is 0 Å². The Kier molecular flexibility index (Phi) is 5.96. The van der Waals surface area contributed by atoms with Crippen LogP contribution in [0.5, 0.6) is 5.75 Å². The molecule has 0 radical (unpaired) electrons. The Labute approximate surface area is 217 Å². The van der Waals surface area contributed by atoms with Gasteiger partial charge in [-0.1, -0.05) is 30.3 Å². The standard InChI is InChI=1S/C29H35N5O3/c1-29-19-23-22-18-21(37-3)10-11-24(22)30-25(23)26(20-8-5-4-6-9-20)34(29)28(36)33(27(29)35)13-7-12-32-16-14-31(2)15-17-32/h4-6,8-11,18,26,30H,7,12-17,19H2,1-3H3/t26-,29+/m1/s1. The second-order valence-corrected chi connectivity index (χ2v) is 10.8. The molecule has 3 aliphatic rings. The first kappa shape index (κ1) is 24.0. The Morgan fingerprint density at radius 2 is 1.78 bits per heavy atom. The molecule has 6 rings (SSSR count). The summed E-state index contributed by atoms with van der Waals surface area (Å²) in [6.07, 6.45) is 1.25. The van der Waals surface area contributed by atoms with Crippen molar-refractivity contribution in [1.29, 1.82) is 0 Å². The average Bonchev–Trinajstić information content (AvgIpc) is 3.36. The number of amides is 3. The van der Waals surface area contributed by atoms with Crippen molar-refractivity contribution in [3.63, 3.8) is 0 Å². The molecule has 4 heterocycles. The number of hydrogen-bond acceptors (Lipinski definition) is 5. The number of benzene rings is 2. The Balaban J connectivity index is 1.34. The number of nitrogens with one attached hydrogen (secondary N) is 1. The number of aromatic nitrogens is 1. The number of carbonyl (C=O) groups is 2. The fourth-order valence-corrected chi connectivity index (χ4v) is 6.32. The number of imide groups is 1. The van der Waals surface area contributed by atoms with Crippen molar-refractivity contribution in [2.75, 3.05) is 53.4 Å². The zero-order valence-electron chi connectivity index (χ0n) is 21.9. The molecule has 0 unspecified atom stereocenters. The highest BCUT2D eigenvalue weighted by Crippen LogP contribution is 2.49. The summed E-state index contributed by atoms with van der Waals surface area (Å²) in [7, 11) is 3.81. The van der Waals surface area contributed by atoms with E-state index in [1.165, 1.54) is 4.90 Å². The number of aromatic amines is 1. The molecule has 0 aliphatic carbocycles. The van der Waals surface area contributed by atoms with Crippen molar-refractivity contribution >= 4 is 22.8 Å². The lowest BCUT2D eigenvalue weighted by Crippen LogP contribution is -2.53. The summed E-state index contributed by atoms with van der Waals surface area (Å²) < 4.78 is 5.50. The van der Waals surface area contributed by atoms with Crippen LogP contribution in [0.25, 0.3) is 10.9 Å². The molecular formula is C29H35N5O3. The fourth-order valence-electron chi connectivity index (χ4n) is 6.32. The quantitative estimate of drug-likeness (QED) is 0.524. The van der Waals surface area contributed by atoms with Crippen molar-refractivity contribution < 1.29 is 14.3 Å². The summed E-state index contributed by atoms with van der Waals surface area (Å²) in [6, 6.07) is 15.4. The number of ether oxygens (including phenoxy) is 1. The Morgan fingerprint density at radius 3 is 2.51 bits per heavy atom. The number of rotatable bonds is 6. The molecule has 2 atom stereocenters. The van der Waals surface area contributed by atoms with E-state index >= 15 is 0 Å². The van der Waals surface area contributed by atoms with E-state index in [0.29, 0.717) is 13.0 Å². The van der Waals surface area contributed by atoms with Crippen molar-refractivity contribution in [1.82, 2.24) is 24.6 Å². The molecule has 194 valence electrons. The molecule has 2 aromatic carbocycles. The number of hydrogen-bond donors (Lipinski definition) is 1. The smallest absolute Gasteiger partial charge is 0.328 e. The number of methoxy groups -OCH3 is 1. The molecule has 3 aromatic rings. The highest BCUT2D eigenvalue weighted by molar-refractivity contribution is 6.08. The summed E-state index contributed by atoms with van der Waals surface area (Å²) in [5.74, 6) is 0.678. The maximum absolute atomic E-state index is 14.0. The zero-order valence-corrected chi connectivity index (χ0v) is 21.9. The zero-order chi connectivity index (χ0) is 25.7. The Morgan fingerprint density at radius 1 is 1.03 bits per heavy atom. The molecule has 1 aromatic heterocycles. The van der Waals surface area contributed by atoms with Crippen LogP contribution in [-0.4, -0.2) is 95.5 Å². The van der Waals surface area contributed by atoms with Gasteiger partial charge >= 0.3 is 6.03 Å². The first-order chi connectivity index (χ1) is 17.9. The molecule has 37 heavy (non-hydrogen) atoms. The summed E-state index contributed by atoms with van der Waals surface area (Å²) in [6.45, 7) is 7.46. The van der Waals surface area contributed by atoms with Gasteiger partial charge in [-0.2, -0.15) is 0 Å². The van der Waals surface area contributed by atoms with Crippen LogP contribution in [0.4, 0.5) is 4.79 Å². The SMILES string of the molecule is COc1ccc2[nH]c3c(c2c1)C[C@@]1(C)C(=O)N(CCCN2CCN(C)CC2)C(=O)N1[C@@H]3c1ccccc1. The lowest BCUT2D eigenvalue weighted by molar-refractivity contribution is -0.133. The summed E-state index contributed by atoms with van der Waals surface area (Å²) in [5.41, 5.74) is 3.10. The van der Waals surface area contributed by atoms with Gasteiger partial charge in [-0.3, -0.25) is 14.6 Å². The van der Waals surface area contributed by atoms with Gasteiger partial charge < -0.3 is 19.5 Å².